The molecular weight excluding hydrogens is 428 g/mol. The van der Waals surface area contributed by atoms with Crippen LogP contribution in [0.15, 0.2) is 36.4 Å². The predicted molar refractivity (Wildman–Crippen MR) is 129 cm³/mol. The monoisotopic (exact) mass is 456 g/mol. The van der Waals surface area contributed by atoms with Crippen LogP contribution in [-0.2, 0) is 23.2 Å². The van der Waals surface area contributed by atoms with E-state index in [1.165, 1.54) is 22.3 Å². The van der Waals surface area contributed by atoms with Gasteiger partial charge in [-0.15, -0.1) is 0 Å². The van der Waals surface area contributed by atoms with Crippen molar-refractivity contribution < 1.29 is 4.79 Å². The molecule has 0 fully saturated rings. The highest BCUT2D eigenvalue weighted by atomic mass is 35.5. The van der Waals surface area contributed by atoms with Crippen LogP contribution in [0.4, 0.5) is 0 Å². The molecule has 3 rings (SSSR count). The molecule has 31 heavy (non-hydrogen) atoms. The van der Waals surface area contributed by atoms with Crippen molar-refractivity contribution in [2.45, 2.75) is 53.0 Å². The lowest BCUT2D eigenvalue weighted by Gasteiger charge is -2.22. The zero-order valence-electron chi connectivity index (χ0n) is 18.7. The highest BCUT2D eigenvalue weighted by Crippen LogP contribution is 2.27. The first-order valence-corrected chi connectivity index (χ1v) is 11.1. The number of rotatable bonds is 6. The smallest absolute Gasteiger partial charge is 0.240 e. The summed E-state index contributed by atoms with van der Waals surface area (Å²) in [6.07, 6.45) is 0.786. The molecule has 0 aliphatic heterocycles. The number of H-pyrrole nitrogens is 1. The van der Waals surface area contributed by atoms with E-state index in [1.54, 1.807) is 16.7 Å². The van der Waals surface area contributed by atoms with Gasteiger partial charge in [-0.2, -0.15) is 5.10 Å². The Balaban J connectivity index is 1.65. The van der Waals surface area contributed by atoms with Crippen LogP contribution in [0.3, 0.4) is 0 Å². The number of nitrogens with zero attached hydrogens (tertiary/aromatic N) is 2. The van der Waals surface area contributed by atoms with Crippen molar-refractivity contribution in [3.05, 3.63) is 68.4 Å². The molecule has 1 amide bonds. The Morgan fingerprint density at radius 3 is 2.35 bits per heavy atom. The molecule has 2 N–H and O–H groups in total. The molecule has 7 heteroatoms. The average Bonchev–Trinajstić information content (AvgIpc) is 3.04. The fraction of sp³-hybridized carbons (Fsp3) is 0.375. The fourth-order valence-electron chi connectivity index (χ4n) is 3.63. The Kier molecular flexibility index (Phi) is 7.02. The number of carbonyl (C=O) groups is 1. The predicted octanol–water partition coefficient (Wildman–Crippen LogP) is 5.53. The second kappa shape index (κ2) is 9.37. The number of aromatic nitrogens is 3. The Hall–Kier alpha value is -2.44. The van der Waals surface area contributed by atoms with Crippen molar-refractivity contribution in [1.29, 1.82) is 0 Å². The van der Waals surface area contributed by atoms with Crippen LogP contribution in [0.5, 0.6) is 0 Å². The minimum atomic E-state index is -0.102. The molecule has 5 nitrogen and oxygen atoms in total. The average molecular weight is 457 g/mol. The molecule has 1 heterocycles. The van der Waals surface area contributed by atoms with Crippen molar-refractivity contribution in [3.8, 4) is 11.4 Å². The van der Waals surface area contributed by atoms with E-state index in [-0.39, 0.29) is 17.9 Å². The van der Waals surface area contributed by atoms with Crippen LogP contribution in [0, 0.1) is 18.6 Å². The van der Waals surface area contributed by atoms with Crippen LogP contribution in [0.25, 0.3) is 11.4 Å². The number of aromatic amines is 1. The van der Waals surface area contributed by atoms with Gasteiger partial charge in [0.05, 0.1) is 0 Å². The van der Waals surface area contributed by atoms with Crippen LogP contribution in [-0.4, -0.2) is 27.2 Å². The van der Waals surface area contributed by atoms with E-state index in [4.69, 9.17) is 23.8 Å². The molecular formula is C24H29ClN4OS. The normalized spacial score (nSPS) is 11.5. The lowest BCUT2D eigenvalue weighted by molar-refractivity contribution is -0.121. The standard InChI is InChI=1S/C24H29ClN4OS/c1-15-12-18(24(3,4)5)13-16(2)20(15)10-11-26-21(30)14-29-22(27-28-23(29)31)17-6-8-19(25)9-7-17/h6-9,12-13H,10-11,14H2,1-5H3,(H,26,30)(H,28,31). The van der Waals surface area contributed by atoms with Crippen molar-refractivity contribution >= 4 is 29.7 Å². The molecule has 0 atom stereocenters. The zero-order chi connectivity index (χ0) is 22.8. The van der Waals surface area contributed by atoms with E-state index in [1.807, 2.05) is 12.1 Å². The minimum Gasteiger partial charge on any atom is -0.354 e. The molecule has 0 bridgehead atoms. The summed E-state index contributed by atoms with van der Waals surface area (Å²) in [5, 5.41) is 10.7. The summed E-state index contributed by atoms with van der Waals surface area (Å²) in [7, 11) is 0. The SMILES string of the molecule is Cc1cc(C(C)(C)C)cc(C)c1CCNC(=O)Cn1c(-c2ccc(Cl)cc2)n[nH]c1=S. The molecule has 0 unspecified atom stereocenters. The van der Waals surface area contributed by atoms with Gasteiger partial charge in [-0.1, -0.05) is 44.5 Å². The Morgan fingerprint density at radius 2 is 1.77 bits per heavy atom. The first kappa shape index (κ1) is 23.2. The van der Waals surface area contributed by atoms with Gasteiger partial charge in [0.25, 0.3) is 0 Å². The summed E-state index contributed by atoms with van der Waals surface area (Å²) < 4.78 is 2.10. The van der Waals surface area contributed by atoms with Crippen molar-refractivity contribution in [3.63, 3.8) is 0 Å². The maximum absolute atomic E-state index is 12.6. The maximum Gasteiger partial charge on any atom is 0.240 e. The number of nitrogens with one attached hydrogen (secondary N) is 2. The third kappa shape index (κ3) is 5.63. The molecule has 0 radical (unpaired) electrons. The lowest BCUT2D eigenvalue weighted by Crippen LogP contribution is -2.30. The summed E-state index contributed by atoms with van der Waals surface area (Å²) in [6.45, 7) is 11.6. The summed E-state index contributed by atoms with van der Waals surface area (Å²) in [5.41, 5.74) is 6.11. The second-order valence-corrected chi connectivity index (χ2v) is 9.71. The summed E-state index contributed by atoms with van der Waals surface area (Å²) in [5.74, 6) is 0.510. The highest BCUT2D eigenvalue weighted by Gasteiger charge is 2.17. The molecule has 0 aliphatic rings. The van der Waals surface area contributed by atoms with Crippen molar-refractivity contribution in [2.24, 2.45) is 0 Å². The minimum absolute atomic E-state index is 0.102. The van der Waals surface area contributed by atoms with Gasteiger partial charge in [0, 0.05) is 17.1 Å². The van der Waals surface area contributed by atoms with Crippen molar-refractivity contribution in [1.82, 2.24) is 20.1 Å². The Bertz CT molecular complexity index is 1120. The van der Waals surface area contributed by atoms with Gasteiger partial charge in [-0.25, -0.2) is 0 Å². The quantitative estimate of drug-likeness (QED) is 0.479. The molecule has 3 aromatic rings. The number of benzene rings is 2. The van der Waals surface area contributed by atoms with Crippen LogP contribution in [0.2, 0.25) is 5.02 Å². The van der Waals surface area contributed by atoms with Crippen LogP contribution in [0.1, 0.15) is 43.0 Å². The number of hydrogen-bond acceptors (Lipinski definition) is 3. The van der Waals surface area contributed by atoms with Crippen molar-refractivity contribution in [2.75, 3.05) is 6.54 Å². The number of amides is 1. The molecule has 0 saturated heterocycles. The van der Waals surface area contributed by atoms with Gasteiger partial charge in [0.1, 0.15) is 6.54 Å². The maximum atomic E-state index is 12.6. The van der Waals surface area contributed by atoms with E-state index in [0.717, 1.165) is 12.0 Å². The van der Waals surface area contributed by atoms with E-state index in [0.29, 0.717) is 22.2 Å². The lowest BCUT2D eigenvalue weighted by atomic mass is 9.83. The fourth-order valence-corrected chi connectivity index (χ4v) is 3.95. The van der Waals surface area contributed by atoms with Gasteiger partial charge in [-0.3, -0.25) is 14.5 Å². The van der Waals surface area contributed by atoms with Gasteiger partial charge in [0.2, 0.25) is 5.91 Å². The Labute approximate surface area is 193 Å². The largest absolute Gasteiger partial charge is 0.354 e. The molecule has 1 aromatic heterocycles. The summed E-state index contributed by atoms with van der Waals surface area (Å²) in [4.78, 5) is 12.6. The molecule has 2 aromatic carbocycles. The molecule has 0 spiro atoms. The van der Waals surface area contributed by atoms with Gasteiger partial charge >= 0.3 is 0 Å². The first-order chi connectivity index (χ1) is 14.6. The number of aryl methyl sites for hydroxylation is 2. The summed E-state index contributed by atoms with van der Waals surface area (Å²) in [6, 6.07) is 11.8. The topological polar surface area (TPSA) is 62.7 Å². The van der Waals surface area contributed by atoms with E-state index in [2.05, 4.69) is 62.3 Å². The zero-order valence-corrected chi connectivity index (χ0v) is 20.2. The third-order valence-electron chi connectivity index (χ3n) is 5.42. The van der Waals surface area contributed by atoms with E-state index < -0.39 is 0 Å². The van der Waals surface area contributed by atoms with Gasteiger partial charge in [0.15, 0.2) is 10.6 Å². The first-order valence-electron chi connectivity index (χ1n) is 10.3. The Morgan fingerprint density at radius 1 is 1.16 bits per heavy atom. The van der Waals surface area contributed by atoms with E-state index in [9.17, 15) is 4.79 Å². The number of halogens is 1. The second-order valence-electron chi connectivity index (χ2n) is 8.88. The van der Waals surface area contributed by atoms with E-state index >= 15 is 0 Å². The molecule has 164 valence electrons. The van der Waals surface area contributed by atoms with Crippen LogP contribution < -0.4 is 5.32 Å². The number of hydrogen-bond donors (Lipinski definition) is 2. The van der Waals surface area contributed by atoms with Gasteiger partial charge < -0.3 is 5.32 Å². The number of carbonyl (C=O) groups excluding carboxylic acids is 1. The summed E-state index contributed by atoms with van der Waals surface area (Å²) >= 11 is 11.3. The third-order valence-corrected chi connectivity index (χ3v) is 5.99. The molecule has 0 saturated carbocycles. The van der Waals surface area contributed by atoms with Crippen LogP contribution >= 0.6 is 23.8 Å². The highest BCUT2D eigenvalue weighted by molar-refractivity contribution is 7.71. The molecule has 0 aliphatic carbocycles. The van der Waals surface area contributed by atoms with Gasteiger partial charge in [-0.05, 0) is 84.4 Å².